The molecule has 3 rings (SSSR count). The zero-order valence-corrected chi connectivity index (χ0v) is 17.6. The number of imidazole rings is 1. The number of hydrogen-bond donors (Lipinski definition) is 2. The van der Waals surface area contributed by atoms with Gasteiger partial charge in [0.2, 0.25) is 0 Å². The SMILES string of the molecule is CCCCc1ncc(/C=C(\Cc2cccs2)C(=O)O)n1Cc1ccccc1C(=O)O. The number of aromatic nitrogens is 2. The van der Waals surface area contributed by atoms with Gasteiger partial charge in [0.25, 0.3) is 0 Å². The maximum atomic E-state index is 11.9. The Morgan fingerprint density at radius 2 is 1.97 bits per heavy atom. The minimum atomic E-state index is -0.984. The molecule has 0 spiro atoms. The predicted octanol–water partition coefficient (Wildman–Crippen LogP) is 4.74. The third kappa shape index (κ3) is 5.24. The van der Waals surface area contributed by atoms with Crippen molar-refractivity contribution in [2.45, 2.75) is 39.2 Å². The molecule has 6 nitrogen and oxygen atoms in total. The lowest BCUT2D eigenvalue weighted by atomic mass is 10.1. The van der Waals surface area contributed by atoms with Gasteiger partial charge in [-0.1, -0.05) is 37.6 Å². The van der Waals surface area contributed by atoms with E-state index in [0.717, 1.165) is 30.0 Å². The Morgan fingerprint density at radius 3 is 2.63 bits per heavy atom. The van der Waals surface area contributed by atoms with Gasteiger partial charge in [-0.2, -0.15) is 0 Å². The van der Waals surface area contributed by atoms with Crippen LogP contribution in [0.2, 0.25) is 0 Å². The molecule has 0 atom stereocenters. The van der Waals surface area contributed by atoms with E-state index in [4.69, 9.17) is 0 Å². The second kappa shape index (κ2) is 10.0. The third-order valence-corrected chi connectivity index (χ3v) is 5.72. The van der Waals surface area contributed by atoms with Gasteiger partial charge in [-0.25, -0.2) is 14.6 Å². The third-order valence-electron chi connectivity index (χ3n) is 4.84. The fraction of sp³-hybridized carbons (Fsp3) is 0.261. The van der Waals surface area contributed by atoms with Crippen molar-refractivity contribution >= 4 is 29.4 Å². The van der Waals surface area contributed by atoms with E-state index in [0.29, 0.717) is 24.2 Å². The zero-order chi connectivity index (χ0) is 21.5. The van der Waals surface area contributed by atoms with Gasteiger partial charge in [-0.3, -0.25) is 0 Å². The molecule has 0 fully saturated rings. The van der Waals surface area contributed by atoms with Crippen LogP contribution in [0, 0.1) is 0 Å². The lowest BCUT2D eigenvalue weighted by Crippen LogP contribution is -2.12. The molecule has 0 saturated heterocycles. The molecular formula is C23H24N2O4S. The number of carboxylic acid groups (broad SMARTS) is 2. The molecule has 0 radical (unpaired) electrons. The van der Waals surface area contributed by atoms with E-state index in [-0.39, 0.29) is 11.1 Å². The van der Waals surface area contributed by atoms with Gasteiger partial charge in [0.1, 0.15) is 5.82 Å². The standard InChI is InChI=1S/C23H24N2O4S/c1-2-3-10-21-24-14-18(12-17(22(26)27)13-19-8-6-11-30-19)25(21)15-16-7-4-5-9-20(16)23(28)29/h4-9,11-12,14H,2-3,10,13,15H2,1H3,(H,26,27)(H,28,29)/b17-12+. The van der Waals surface area contributed by atoms with Crippen LogP contribution in [0.1, 0.15) is 52.1 Å². The highest BCUT2D eigenvalue weighted by Gasteiger charge is 2.16. The van der Waals surface area contributed by atoms with E-state index >= 15 is 0 Å². The minimum Gasteiger partial charge on any atom is -0.478 e. The maximum absolute atomic E-state index is 11.9. The van der Waals surface area contributed by atoms with E-state index in [1.807, 2.05) is 22.1 Å². The number of carboxylic acids is 2. The van der Waals surface area contributed by atoms with Gasteiger partial charge in [-0.15, -0.1) is 11.3 Å². The molecule has 30 heavy (non-hydrogen) atoms. The van der Waals surface area contributed by atoms with Crippen LogP contribution in [-0.2, 0) is 24.2 Å². The smallest absolute Gasteiger partial charge is 0.336 e. The first-order valence-corrected chi connectivity index (χ1v) is 10.7. The Kier molecular flexibility index (Phi) is 7.19. The molecule has 0 saturated carbocycles. The van der Waals surface area contributed by atoms with Crippen molar-refractivity contribution in [3.05, 3.63) is 81.1 Å². The molecule has 1 aromatic carbocycles. The first kappa shape index (κ1) is 21.5. The Balaban J connectivity index is 2.01. The molecular weight excluding hydrogens is 400 g/mol. The number of hydrogen-bond acceptors (Lipinski definition) is 4. The first-order chi connectivity index (χ1) is 14.5. The summed E-state index contributed by atoms with van der Waals surface area (Å²) in [6.07, 6.45) is 6.34. The zero-order valence-electron chi connectivity index (χ0n) is 16.7. The lowest BCUT2D eigenvalue weighted by molar-refractivity contribution is -0.132. The van der Waals surface area contributed by atoms with Crippen molar-refractivity contribution in [1.29, 1.82) is 0 Å². The molecule has 2 aromatic heterocycles. The van der Waals surface area contributed by atoms with Gasteiger partial charge in [-0.05, 0) is 35.6 Å². The average Bonchev–Trinajstić information content (AvgIpc) is 3.36. The van der Waals surface area contributed by atoms with Crippen molar-refractivity contribution < 1.29 is 19.8 Å². The molecule has 3 aromatic rings. The van der Waals surface area contributed by atoms with Crippen LogP contribution >= 0.6 is 11.3 Å². The van der Waals surface area contributed by atoms with Crippen LogP contribution in [0.3, 0.4) is 0 Å². The summed E-state index contributed by atoms with van der Waals surface area (Å²) in [5.74, 6) is -1.14. The normalized spacial score (nSPS) is 11.6. The quantitative estimate of drug-likeness (QED) is 0.459. The fourth-order valence-corrected chi connectivity index (χ4v) is 3.99. The summed E-state index contributed by atoms with van der Waals surface area (Å²) >= 11 is 1.52. The fourth-order valence-electron chi connectivity index (χ4n) is 3.27. The van der Waals surface area contributed by atoms with Crippen LogP contribution in [0.25, 0.3) is 6.08 Å². The lowest BCUT2D eigenvalue weighted by Gasteiger charge is -2.13. The monoisotopic (exact) mass is 424 g/mol. The summed E-state index contributed by atoms with van der Waals surface area (Å²) in [5.41, 5.74) is 1.83. The van der Waals surface area contributed by atoms with Crippen molar-refractivity contribution in [2.75, 3.05) is 0 Å². The highest BCUT2D eigenvalue weighted by Crippen LogP contribution is 2.21. The van der Waals surface area contributed by atoms with Crippen LogP contribution in [-0.4, -0.2) is 31.7 Å². The molecule has 7 heteroatoms. The number of aromatic carboxylic acids is 1. The Hall–Kier alpha value is -3.19. The van der Waals surface area contributed by atoms with Crippen molar-refractivity contribution in [2.24, 2.45) is 0 Å². The summed E-state index contributed by atoms with van der Waals surface area (Å²) in [5, 5.41) is 21.2. The summed E-state index contributed by atoms with van der Waals surface area (Å²) in [4.78, 5) is 29.0. The molecule has 0 unspecified atom stereocenters. The summed E-state index contributed by atoms with van der Waals surface area (Å²) in [6.45, 7) is 2.41. The Labute approximate surface area is 179 Å². The number of thiophene rings is 1. The van der Waals surface area contributed by atoms with Crippen LogP contribution in [0.5, 0.6) is 0 Å². The number of carbonyl (C=O) groups is 2. The maximum Gasteiger partial charge on any atom is 0.336 e. The van der Waals surface area contributed by atoms with E-state index < -0.39 is 11.9 Å². The summed E-state index contributed by atoms with van der Waals surface area (Å²) in [6, 6.07) is 10.7. The first-order valence-electron chi connectivity index (χ1n) is 9.81. The van der Waals surface area contributed by atoms with Crippen molar-refractivity contribution in [3.63, 3.8) is 0 Å². The van der Waals surface area contributed by atoms with E-state index in [1.165, 1.54) is 11.3 Å². The van der Waals surface area contributed by atoms with Gasteiger partial charge in [0.15, 0.2) is 0 Å². The number of nitrogens with zero attached hydrogens (tertiary/aromatic N) is 2. The summed E-state index contributed by atoms with van der Waals surface area (Å²) in [7, 11) is 0. The van der Waals surface area contributed by atoms with Gasteiger partial charge in [0, 0.05) is 23.3 Å². The second-order valence-electron chi connectivity index (χ2n) is 6.98. The highest BCUT2D eigenvalue weighted by molar-refractivity contribution is 7.09. The molecule has 0 aliphatic carbocycles. The van der Waals surface area contributed by atoms with Crippen molar-refractivity contribution in [3.8, 4) is 0 Å². The van der Waals surface area contributed by atoms with E-state index in [2.05, 4.69) is 11.9 Å². The summed E-state index contributed by atoms with van der Waals surface area (Å²) < 4.78 is 1.93. The Morgan fingerprint density at radius 1 is 1.17 bits per heavy atom. The van der Waals surface area contributed by atoms with E-state index in [1.54, 1.807) is 36.5 Å². The molecule has 0 aliphatic heterocycles. The number of aliphatic carboxylic acids is 1. The highest BCUT2D eigenvalue weighted by atomic mass is 32.1. The number of rotatable bonds is 10. The van der Waals surface area contributed by atoms with Gasteiger partial charge >= 0.3 is 11.9 Å². The topological polar surface area (TPSA) is 92.4 Å². The second-order valence-corrected chi connectivity index (χ2v) is 8.01. The molecule has 0 aliphatic rings. The molecule has 2 N–H and O–H groups in total. The van der Waals surface area contributed by atoms with Crippen LogP contribution in [0.15, 0.2) is 53.5 Å². The van der Waals surface area contributed by atoms with Gasteiger partial charge < -0.3 is 14.8 Å². The molecule has 2 heterocycles. The Bertz CT molecular complexity index is 1050. The van der Waals surface area contributed by atoms with E-state index in [9.17, 15) is 19.8 Å². The number of benzene rings is 1. The largest absolute Gasteiger partial charge is 0.478 e. The average molecular weight is 425 g/mol. The number of unbranched alkanes of at least 4 members (excludes halogenated alkanes) is 1. The number of aryl methyl sites for hydroxylation is 1. The van der Waals surface area contributed by atoms with Crippen LogP contribution < -0.4 is 0 Å². The molecule has 156 valence electrons. The molecule has 0 bridgehead atoms. The van der Waals surface area contributed by atoms with Gasteiger partial charge in [0.05, 0.1) is 24.0 Å². The van der Waals surface area contributed by atoms with Crippen LogP contribution in [0.4, 0.5) is 0 Å². The predicted molar refractivity (Wildman–Crippen MR) is 117 cm³/mol. The molecule has 0 amide bonds. The van der Waals surface area contributed by atoms with Crippen molar-refractivity contribution in [1.82, 2.24) is 9.55 Å². The minimum absolute atomic E-state index is 0.236.